The first-order chi connectivity index (χ1) is 10.3. The third kappa shape index (κ3) is 2.59. The number of hydrogen-bond donors (Lipinski definition) is 1. The van der Waals surface area contributed by atoms with Gasteiger partial charge in [0.05, 0.1) is 19.7 Å². The lowest BCUT2D eigenvalue weighted by Gasteiger charge is -2.52. The van der Waals surface area contributed by atoms with Crippen LogP contribution in [0.5, 0.6) is 5.75 Å². The molecule has 0 aromatic heterocycles. The van der Waals surface area contributed by atoms with Crippen LogP contribution in [-0.2, 0) is 6.42 Å². The van der Waals surface area contributed by atoms with E-state index in [1.165, 1.54) is 37.8 Å². The Labute approximate surface area is 128 Å². The molecular weight excluding hydrogens is 258 g/mol. The van der Waals surface area contributed by atoms with Crippen molar-refractivity contribution in [3.63, 3.8) is 0 Å². The van der Waals surface area contributed by atoms with Crippen LogP contribution in [0.2, 0.25) is 0 Å². The van der Waals surface area contributed by atoms with E-state index in [1.54, 1.807) is 13.5 Å². The summed E-state index contributed by atoms with van der Waals surface area (Å²) in [6, 6.07) is 9.40. The second kappa shape index (κ2) is 5.64. The first kappa shape index (κ1) is 13.6. The Morgan fingerprint density at radius 3 is 2.33 bits per heavy atom. The van der Waals surface area contributed by atoms with Gasteiger partial charge in [0, 0.05) is 18.3 Å². The van der Waals surface area contributed by atoms with Gasteiger partial charge in [0.15, 0.2) is 0 Å². The van der Waals surface area contributed by atoms with E-state index < -0.39 is 0 Å². The van der Waals surface area contributed by atoms with Crippen molar-refractivity contribution in [1.29, 1.82) is 0 Å². The minimum atomic E-state index is 0.924. The lowest BCUT2D eigenvalue weighted by Crippen LogP contribution is -2.94. The molecule has 0 amide bonds. The Morgan fingerprint density at radius 2 is 1.67 bits per heavy atom. The van der Waals surface area contributed by atoms with Gasteiger partial charge in [-0.25, -0.2) is 0 Å². The van der Waals surface area contributed by atoms with Gasteiger partial charge in [-0.15, -0.1) is 0 Å². The van der Waals surface area contributed by atoms with Gasteiger partial charge in [0.25, 0.3) is 0 Å². The summed E-state index contributed by atoms with van der Waals surface area (Å²) in [5.74, 6) is 5.28. The van der Waals surface area contributed by atoms with Gasteiger partial charge >= 0.3 is 0 Å². The molecule has 0 saturated heterocycles. The largest absolute Gasteiger partial charge is 0.496 e. The molecule has 5 rings (SSSR count). The van der Waals surface area contributed by atoms with Crippen LogP contribution in [0.4, 0.5) is 0 Å². The van der Waals surface area contributed by atoms with Crippen molar-refractivity contribution in [3.8, 4) is 5.75 Å². The number of hydrogen-bond acceptors (Lipinski definition) is 1. The number of ether oxygens (including phenoxy) is 1. The lowest BCUT2D eigenvalue weighted by atomic mass is 9.54. The topological polar surface area (TPSA) is 25.8 Å². The SMILES string of the molecule is COc1ccccc1CC[NH2+]C1C2CC3CC(C2)CC1C3. The molecule has 2 heteroatoms. The average Bonchev–Trinajstić information content (AvgIpc) is 2.50. The molecule has 0 radical (unpaired) electrons. The fourth-order valence-electron chi connectivity index (χ4n) is 5.69. The van der Waals surface area contributed by atoms with Crippen molar-refractivity contribution in [2.24, 2.45) is 23.7 Å². The molecule has 4 bridgehead atoms. The molecule has 4 aliphatic carbocycles. The molecular formula is C19H28NO+. The van der Waals surface area contributed by atoms with E-state index in [-0.39, 0.29) is 0 Å². The zero-order chi connectivity index (χ0) is 14.2. The van der Waals surface area contributed by atoms with E-state index in [9.17, 15) is 0 Å². The Bertz CT molecular complexity index is 470. The van der Waals surface area contributed by atoms with Crippen molar-refractivity contribution in [3.05, 3.63) is 29.8 Å². The van der Waals surface area contributed by atoms with E-state index in [2.05, 4.69) is 29.6 Å². The summed E-state index contributed by atoms with van der Waals surface area (Å²) in [6.07, 6.45) is 8.81. The number of benzene rings is 1. The molecule has 0 aliphatic heterocycles. The monoisotopic (exact) mass is 286 g/mol. The van der Waals surface area contributed by atoms with E-state index in [0.29, 0.717) is 0 Å². The smallest absolute Gasteiger partial charge is 0.122 e. The number of methoxy groups -OCH3 is 1. The van der Waals surface area contributed by atoms with Crippen LogP contribution >= 0.6 is 0 Å². The molecule has 1 aromatic carbocycles. The predicted octanol–water partition coefficient (Wildman–Crippen LogP) is 2.63. The zero-order valence-corrected chi connectivity index (χ0v) is 13.1. The van der Waals surface area contributed by atoms with Crippen LogP contribution in [0.3, 0.4) is 0 Å². The Morgan fingerprint density at radius 1 is 1.00 bits per heavy atom. The number of nitrogens with two attached hydrogens (primary N) is 1. The molecule has 2 N–H and O–H groups in total. The maximum absolute atomic E-state index is 5.47. The number of para-hydroxylation sites is 1. The third-order valence-electron chi connectivity index (χ3n) is 6.34. The van der Waals surface area contributed by atoms with Gasteiger partial charge in [0.1, 0.15) is 5.75 Å². The fraction of sp³-hybridized carbons (Fsp3) is 0.684. The summed E-state index contributed by atoms with van der Waals surface area (Å²) < 4.78 is 5.47. The third-order valence-corrected chi connectivity index (χ3v) is 6.34. The first-order valence-corrected chi connectivity index (χ1v) is 8.78. The van der Waals surface area contributed by atoms with E-state index in [0.717, 1.165) is 41.9 Å². The van der Waals surface area contributed by atoms with E-state index in [1.807, 2.05) is 0 Å². The summed E-state index contributed by atoms with van der Waals surface area (Å²) >= 11 is 0. The van der Waals surface area contributed by atoms with Crippen molar-refractivity contribution in [2.75, 3.05) is 13.7 Å². The second-order valence-electron chi connectivity index (χ2n) is 7.59. The Balaban J connectivity index is 1.35. The number of quaternary nitrogens is 1. The Kier molecular flexibility index (Phi) is 3.66. The van der Waals surface area contributed by atoms with Gasteiger partial charge < -0.3 is 10.1 Å². The summed E-state index contributed by atoms with van der Waals surface area (Å²) in [5, 5.41) is 2.68. The van der Waals surface area contributed by atoms with Crippen LogP contribution in [0.1, 0.15) is 37.7 Å². The molecule has 114 valence electrons. The van der Waals surface area contributed by atoms with Crippen molar-refractivity contribution < 1.29 is 10.1 Å². The molecule has 0 atom stereocenters. The number of rotatable bonds is 5. The van der Waals surface area contributed by atoms with Crippen molar-refractivity contribution in [1.82, 2.24) is 0 Å². The maximum Gasteiger partial charge on any atom is 0.122 e. The summed E-state index contributed by atoms with van der Waals surface area (Å²) in [7, 11) is 1.78. The van der Waals surface area contributed by atoms with Crippen LogP contribution in [0, 0.1) is 23.7 Å². The molecule has 1 aromatic rings. The molecule has 21 heavy (non-hydrogen) atoms. The molecule has 4 saturated carbocycles. The van der Waals surface area contributed by atoms with Gasteiger partial charge in [-0.2, -0.15) is 0 Å². The zero-order valence-electron chi connectivity index (χ0n) is 13.1. The molecule has 2 nitrogen and oxygen atoms in total. The normalized spacial score (nSPS) is 36.9. The highest BCUT2D eigenvalue weighted by molar-refractivity contribution is 5.33. The summed E-state index contributed by atoms with van der Waals surface area (Å²) in [5.41, 5.74) is 1.36. The average molecular weight is 286 g/mol. The van der Waals surface area contributed by atoms with Gasteiger partial charge in [-0.1, -0.05) is 18.2 Å². The minimum Gasteiger partial charge on any atom is -0.496 e. The van der Waals surface area contributed by atoms with Gasteiger partial charge in [-0.3, -0.25) is 0 Å². The maximum atomic E-state index is 5.47. The summed E-state index contributed by atoms with van der Waals surface area (Å²) in [4.78, 5) is 0. The standard InChI is InChI=1S/C19H27NO/c1-21-18-5-3-2-4-15(18)6-7-20-19-16-9-13-8-14(11-16)12-17(19)10-13/h2-5,13-14,16-17,19-20H,6-12H2,1H3/p+1. The molecule has 4 aliphatic rings. The van der Waals surface area contributed by atoms with Crippen LogP contribution in [0.15, 0.2) is 24.3 Å². The molecule has 0 spiro atoms. The molecule has 0 unspecified atom stereocenters. The predicted molar refractivity (Wildman–Crippen MR) is 84.3 cm³/mol. The van der Waals surface area contributed by atoms with Crippen LogP contribution < -0.4 is 10.1 Å². The van der Waals surface area contributed by atoms with Crippen LogP contribution in [0.25, 0.3) is 0 Å². The first-order valence-electron chi connectivity index (χ1n) is 8.78. The van der Waals surface area contributed by atoms with Crippen molar-refractivity contribution >= 4 is 0 Å². The van der Waals surface area contributed by atoms with Crippen LogP contribution in [-0.4, -0.2) is 19.7 Å². The highest BCUT2D eigenvalue weighted by Gasteiger charge is 2.49. The van der Waals surface area contributed by atoms with Crippen molar-refractivity contribution in [2.45, 2.75) is 44.6 Å². The molecule has 0 heterocycles. The quantitative estimate of drug-likeness (QED) is 0.884. The van der Waals surface area contributed by atoms with E-state index >= 15 is 0 Å². The van der Waals surface area contributed by atoms with Gasteiger partial charge in [0.2, 0.25) is 0 Å². The molecule has 4 fully saturated rings. The minimum absolute atomic E-state index is 0.924. The lowest BCUT2D eigenvalue weighted by molar-refractivity contribution is -0.708. The highest BCUT2D eigenvalue weighted by Crippen LogP contribution is 2.52. The fourth-order valence-corrected chi connectivity index (χ4v) is 5.69. The second-order valence-corrected chi connectivity index (χ2v) is 7.59. The van der Waals surface area contributed by atoms with Gasteiger partial charge in [-0.05, 0) is 55.6 Å². The summed E-state index contributed by atoms with van der Waals surface area (Å²) in [6.45, 7) is 1.22. The highest BCUT2D eigenvalue weighted by atomic mass is 16.5. The van der Waals surface area contributed by atoms with E-state index in [4.69, 9.17) is 4.74 Å². The Hall–Kier alpha value is -1.02.